The van der Waals surface area contributed by atoms with E-state index in [2.05, 4.69) is 44.2 Å². The monoisotopic (exact) mass is 776 g/mol. The first-order valence-electron chi connectivity index (χ1n) is 20.7. The molecular formula is C48H73NO7. The van der Waals surface area contributed by atoms with Gasteiger partial charge in [0.2, 0.25) is 0 Å². The summed E-state index contributed by atoms with van der Waals surface area (Å²) in [5, 5.41) is 11.6. The number of quaternary nitrogens is 1. The average molecular weight is 776 g/mol. The third-order valence-corrected chi connectivity index (χ3v) is 8.35. The number of allylic oxidation sites excluding steroid dienone is 20. The Bertz CT molecular complexity index is 1320. The van der Waals surface area contributed by atoms with Crippen LogP contribution < -0.4 is 5.11 Å². The Kier molecular flexibility index (Phi) is 34.8. The van der Waals surface area contributed by atoms with E-state index in [0.29, 0.717) is 12.8 Å². The first-order chi connectivity index (χ1) is 27.1. The molecule has 0 saturated heterocycles. The summed E-state index contributed by atoms with van der Waals surface area (Å²) in [6, 6.07) is -0.746. The Morgan fingerprint density at radius 3 is 1.41 bits per heavy atom. The summed E-state index contributed by atoms with van der Waals surface area (Å²) in [4.78, 5) is 36.8. The van der Waals surface area contributed by atoms with Crippen molar-refractivity contribution in [3.05, 3.63) is 122 Å². The van der Waals surface area contributed by atoms with Gasteiger partial charge in [0, 0.05) is 19.3 Å². The minimum Gasteiger partial charge on any atom is -0.544 e. The minimum absolute atomic E-state index is 0.00462. The summed E-state index contributed by atoms with van der Waals surface area (Å²) in [6.45, 7) is 4.26. The lowest BCUT2D eigenvalue weighted by Crippen LogP contribution is -2.55. The molecule has 0 aliphatic rings. The number of carboxylic acid groups (broad SMARTS) is 1. The number of likely N-dealkylation sites (N-methyl/N-ethyl adjacent to an activating group) is 1. The lowest BCUT2D eigenvalue weighted by atomic mass is 10.1. The number of carbonyl (C=O) groups excluding carboxylic acids is 3. The summed E-state index contributed by atoms with van der Waals surface area (Å²) < 4.78 is 17.1. The Labute approximate surface area is 340 Å². The highest BCUT2D eigenvalue weighted by molar-refractivity contribution is 5.70. The lowest BCUT2D eigenvalue weighted by Gasteiger charge is -2.34. The number of esters is 2. The summed E-state index contributed by atoms with van der Waals surface area (Å²) >= 11 is 0. The molecule has 2 atom stereocenters. The fourth-order valence-corrected chi connectivity index (χ4v) is 5.17. The molecule has 2 unspecified atom stereocenters. The topological polar surface area (TPSA) is 102 Å². The minimum atomic E-state index is -1.14. The molecule has 0 aromatic rings. The zero-order valence-corrected chi connectivity index (χ0v) is 35.2. The molecule has 0 N–H and O–H groups in total. The molecule has 0 aromatic heterocycles. The lowest BCUT2D eigenvalue weighted by molar-refractivity contribution is -0.889. The van der Waals surface area contributed by atoms with E-state index in [1.54, 1.807) is 21.1 Å². The van der Waals surface area contributed by atoms with Gasteiger partial charge in [-0.3, -0.25) is 9.59 Å². The first kappa shape index (κ1) is 51.7. The van der Waals surface area contributed by atoms with Gasteiger partial charge in [-0.25, -0.2) is 0 Å². The maximum atomic E-state index is 12.7. The maximum absolute atomic E-state index is 12.7. The number of carboxylic acids is 1. The number of hydrogen-bond donors (Lipinski definition) is 0. The molecule has 0 fully saturated rings. The van der Waals surface area contributed by atoms with Crippen LogP contribution in [0.1, 0.15) is 110 Å². The molecule has 0 rings (SSSR count). The fourth-order valence-electron chi connectivity index (χ4n) is 5.17. The molecule has 0 saturated carbocycles. The predicted octanol–water partition coefficient (Wildman–Crippen LogP) is 9.74. The highest BCUT2D eigenvalue weighted by Crippen LogP contribution is 2.11. The van der Waals surface area contributed by atoms with Crippen LogP contribution in [0.3, 0.4) is 0 Å². The highest BCUT2D eigenvalue weighted by atomic mass is 16.6. The molecule has 56 heavy (non-hydrogen) atoms. The number of ether oxygens (including phenoxy) is 3. The number of nitrogens with zero attached hydrogens (tertiary/aromatic N) is 1. The van der Waals surface area contributed by atoms with Crippen LogP contribution in [0.2, 0.25) is 0 Å². The van der Waals surface area contributed by atoms with Crippen LogP contribution in [0.4, 0.5) is 0 Å². The molecule has 0 aliphatic carbocycles. The third-order valence-electron chi connectivity index (χ3n) is 8.35. The van der Waals surface area contributed by atoms with Crippen molar-refractivity contribution in [1.29, 1.82) is 0 Å². The standard InChI is InChI=1S/C48H73NO7/c1-6-8-10-12-14-16-18-20-22-23-25-27-29-31-33-35-37-39-47(51)56-44(42-54-41-40-45(48(52)53)49(3,4)5)43-55-46(50)38-36-34-32-30-28-26-24-21-19-17-15-13-11-9-7-2/h8-25,27,29,44-45H,6-7,26,28,30-43H2,1-5H3/b10-8+,11-9+,14-12+,15-13+,18-16+,19-17+,22-20+,24-21+,25-23+,29-27+. The first-order valence-corrected chi connectivity index (χ1v) is 20.7. The van der Waals surface area contributed by atoms with E-state index in [4.69, 9.17) is 14.2 Å². The Morgan fingerprint density at radius 2 is 0.946 bits per heavy atom. The van der Waals surface area contributed by atoms with Gasteiger partial charge >= 0.3 is 11.9 Å². The van der Waals surface area contributed by atoms with Crippen molar-refractivity contribution in [1.82, 2.24) is 0 Å². The van der Waals surface area contributed by atoms with E-state index < -0.39 is 18.1 Å². The van der Waals surface area contributed by atoms with Crippen LogP contribution >= 0.6 is 0 Å². The van der Waals surface area contributed by atoms with Crippen LogP contribution in [-0.4, -0.2) is 75.5 Å². The van der Waals surface area contributed by atoms with E-state index >= 15 is 0 Å². The zero-order chi connectivity index (χ0) is 41.4. The summed E-state index contributed by atoms with van der Waals surface area (Å²) in [7, 11) is 5.36. The van der Waals surface area contributed by atoms with Crippen LogP contribution in [0.25, 0.3) is 0 Å². The van der Waals surface area contributed by atoms with Crippen LogP contribution in [-0.2, 0) is 28.6 Å². The van der Waals surface area contributed by atoms with Gasteiger partial charge in [0.15, 0.2) is 6.10 Å². The SMILES string of the molecule is CC/C=C/C=C/C=C/C=C/C=C/C=C/CCCCCC(=O)OC(COCCC(C(=O)[O-])[N+](C)(C)C)COC(=O)CCCCCCC/C=C/C=C/C=C/C=C/CC. The van der Waals surface area contributed by atoms with E-state index in [-0.39, 0.29) is 49.1 Å². The Hall–Kier alpha value is -4.27. The van der Waals surface area contributed by atoms with Crippen molar-refractivity contribution in [3.63, 3.8) is 0 Å². The second-order valence-corrected chi connectivity index (χ2v) is 14.4. The van der Waals surface area contributed by atoms with Gasteiger partial charge in [-0.15, -0.1) is 0 Å². The second-order valence-electron chi connectivity index (χ2n) is 14.4. The number of hydrogen-bond acceptors (Lipinski definition) is 7. The van der Waals surface area contributed by atoms with Gasteiger partial charge in [0.05, 0.1) is 40.3 Å². The van der Waals surface area contributed by atoms with Gasteiger partial charge in [-0.05, 0) is 51.4 Å². The number of rotatable bonds is 34. The summed E-state index contributed by atoms with van der Waals surface area (Å²) in [5.74, 6) is -1.85. The maximum Gasteiger partial charge on any atom is 0.306 e. The molecule has 0 heterocycles. The van der Waals surface area contributed by atoms with Crippen molar-refractivity contribution >= 4 is 17.9 Å². The normalized spacial score (nSPS) is 14.2. The van der Waals surface area contributed by atoms with Crippen LogP contribution in [0, 0.1) is 0 Å². The van der Waals surface area contributed by atoms with Gasteiger partial charge in [0.1, 0.15) is 12.6 Å². The van der Waals surface area contributed by atoms with Crippen molar-refractivity contribution in [3.8, 4) is 0 Å². The molecule has 312 valence electrons. The largest absolute Gasteiger partial charge is 0.544 e. The predicted molar refractivity (Wildman–Crippen MR) is 230 cm³/mol. The molecule has 0 radical (unpaired) electrons. The molecule has 8 heteroatoms. The Morgan fingerprint density at radius 1 is 0.536 bits per heavy atom. The van der Waals surface area contributed by atoms with Gasteiger partial charge in [-0.1, -0.05) is 161 Å². The number of carbonyl (C=O) groups is 3. The summed E-state index contributed by atoms with van der Waals surface area (Å²) in [6.07, 6.45) is 52.2. The fraction of sp³-hybridized carbons (Fsp3) is 0.521. The van der Waals surface area contributed by atoms with E-state index in [0.717, 1.165) is 70.6 Å². The van der Waals surface area contributed by atoms with Crippen molar-refractivity contribution in [2.24, 2.45) is 0 Å². The molecule has 0 amide bonds. The third kappa shape index (κ3) is 35.4. The van der Waals surface area contributed by atoms with E-state index in [1.165, 1.54) is 0 Å². The molecule has 0 spiro atoms. The van der Waals surface area contributed by atoms with Gasteiger partial charge in [-0.2, -0.15) is 0 Å². The quantitative estimate of drug-likeness (QED) is 0.0278. The highest BCUT2D eigenvalue weighted by Gasteiger charge is 2.25. The molecule has 8 nitrogen and oxygen atoms in total. The molecular weight excluding hydrogens is 703 g/mol. The summed E-state index contributed by atoms with van der Waals surface area (Å²) in [5.41, 5.74) is 0. The van der Waals surface area contributed by atoms with Gasteiger partial charge in [0.25, 0.3) is 0 Å². The number of unbranched alkanes of at least 4 members (excludes halogenated alkanes) is 8. The van der Waals surface area contributed by atoms with Crippen LogP contribution in [0.5, 0.6) is 0 Å². The van der Waals surface area contributed by atoms with Crippen LogP contribution in [0.15, 0.2) is 122 Å². The van der Waals surface area contributed by atoms with E-state index in [1.807, 2.05) is 91.1 Å². The molecule has 0 aliphatic heterocycles. The number of aliphatic carboxylic acids is 1. The van der Waals surface area contributed by atoms with Crippen molar-refractivity contribution in [2.45, 2.75) is 122 Å². The second kappa shape index (κ2) is 37.6. The zero-order valence-electron chi connectivity index (χ0n) is 35.2. The van der Waals surface area contributed by atoms with E-state index in [9.17, 15) is 19.5 Å². The Balaban J connectivity index is 4.56. The van der Waals surface area contributed by atoms with Gasteiger partial charge < -0.3 is 28.6 Å². The smallest absolute Gasteiger partial charge is 0.306 e. The van der Waals surface area contributed by atoms with Crippen molar-refractivity contribution < 1.29 is 38.2 Å². The average Bonchev–Trinajstić information content (AvgIpc) is 3.15. The molecule has 0 bridgehead atoms. The molecule has 0 aromatic carbocycles. The van der Waals surface area contributed by atoms with Crippen molar-refractivity contribution in [2.75, 3.05) is 41.0 Å².